The highest BCUT2D eigenvalue weighted by Crippen LogP contribution is 2.30. The van der Waals surface area contributed by atoms with E-state index >= 15 is 0 Å². The highest BCUT2D eigenvalue weighted by molar-refractivity contribution is 5.77. The third-order valence-corrected chi connectivity index (χ3v) is 3.18. The van der Waals surface area contributed by atoms with Gasteiger partial charge in [0.15, 0.2) is 0 Å². The van der Waals surface area contributed by atoms with Crippen molar-refractivity contribution in [1.29, 1.82) is 0 Å². The van der Waals surface area contributed by atoms with Crippen LogP contribution >= 0.6 is 0 Å². The Morgan fingerprint density at radius 2 is 2.07 bits per heavy atom. The second kappa shape index (κ2) is 4.30. The predicted octanol–water partition coefficient (Wildman–Crippen LogP) is 1.42. The zero-order valence-electron chi connectivity index (χ0n) is 9.47. The maximum atomic E-state index is 11.6. The summed E-state index contributed by atoms with van der Waals surface area (Å²) < 4.78 is 0. The fourth-order valence-corrected chi connectivity index (χ4v) is 1.67. The molecule has 82 valence electrons. The summed E-state index contributed by atoms with van der Waals surface area (Å²) in [7, 11) is 0. The van der Waals surface area contributed by atoms with E-state index in [9.17, 15) is 4.79 Å². The van der Waals surface area contributed by atoms with E-state index in [4.69, 9.17) is 5.73 Å². The molecule has 0 aromatic carbocycles. The summed E-state index contributed by atoms with van der Waals surface area (Å²) in [6.07, 6.45) is 3.89. The second-order valence-corrected chi connectivity index (χ2v) is 5.07. The molecule has 3 nitrogen and oxygen atoms in total. The van der Waals surface area contributed by atoms with Crippen molar-refractivity contribution in [3.05, 3.63) is 0 Å². The standard InChI is InChI=1S/C11H22N2O/c1-8(2)9(12)7-10(14)13-11(3)5-4-6-11/h8-9H,4-7,12H2,1-3H3,(H,13,14). The summed E-state index contributed by atoms with van der Waals surface area (Å²) in [5.41, 5.74) is 5.90. The van der Waals surface area contributed by atoms with E-state index in [-0.39, 0.29) is 17.5 Å². The van der Waals surface area contributed by atoms with Gasteiger partial charge in [0.25, 0.3) is 0 Å². The average Bonchev–Trinajstić information content (AvgIpc) is 2.00. The minimum Gasteiger partial charge on any atom is -0.351 e. The van der Waals surface area contributed by atoms with Crippen LogP contribution in [-0.4, -0.2) is 17.5 Å². The molecule has 0 aromatic rings. The lowest BCUT2D eigenvalue weighted by molar-refractivity contribution is -0.124. The maximum absolute atomic E-state index is 11.6. The first-order valence-corrected chi connectivity index (χ1v) is 5.49. The molecule has 0 aromatic heterocycles. The minimum absolute atomic E-state index is 0.0151. The van der Waals surface area contributed by atoms with Gasteiger partial charge in [0.05, 0.1) is 0 Å². The van der Waals surface area contributed by atoms with Crippen LogP contribution < -0.4 is 11.1 Å². The Morgan fingerprint density at radius 1 is 1.50 bits per heavy atom. The largest absolute Gasteiger partial charge is 0.351 e. The van der Waals surface area contributed by atoms with E-state index in [1.807, 2.05) is 13.8 Å². The smallest absolute Gasteiger partial charge is 0.221 e. The van der Waals surface area contributed by atoms with Gasteiger partial charge >= 0.3 is 0 Å². The number of carbonyl (C=O) groups excluding carboxylic acids is 1. The van der Waals surface area contributed by atoms with Crippen LogP contribution in [-0.2, 0) is 4.79 Å². The van der Waals surface area contributed by atoms with Crippen LogP contribution in [0, 0.1) is 5.92 Å². The number of hydrogen-bond acceptors (Lipinski definition) is 2. The van der Waals surface area contributed by atoms with Gasteiger partial charge in [0, 0.05) is 18.0 Å². The Hall–Kier alpha value is -0.570. The molecule has 1 fully saturated rings. The van der Waals surface area contributed by atoms with Crippen molar-refractivity contribution in [2.45, 2.75) is 58.0 Å². The van der Waals surface area contributed by atoms with Gasteiger partial charge in [-0.1, -0.05) is 13.8 Å². The zero-order valence-corrected chi connectivity index (χ0v) is 9.47. The van der Waals surface area contributed by atoms with Crippen LogP contribution in [0.5, 0.6) is 0 Å². The highest BCUT2D eigenvalue weighted by Gasteiger charge is 2.33. The van der Waals surface area contributed by atoms with Gasteiger partial charge in [-0.3, -0.25) is 4.79 Å². The number of nitrogens with one attached hydrogen (secondary N) is 1. The molecule has 14 heavy (non-hydrogen) atoms. The molecule has 0 bridgehead atoms. The summed E-state index contributed by atoms with van der Waals surface area (Å²) >= 11 is 0. The third kappa shape index (κ3) is 2.98. The number of carbonyl (C=O) groups is 1. The van der Waals surface area contributed by atoms with E-state index in [1.54, 1.807) is 0 Å². The topological polar surface area (TPSA) is 55.1 Å². The Balaban J connectivity index is 2.28. The van der Waals surface area contributed by atoms with Crippen LogP contribution in [0.25, 0.3) is 0 Å². The molecule has 1 saturated carbocycles. The number of hydrogen-bond donors (Lipinski definition) is 2. The van der Waals surface area contributed by atoms with Crippen molar-refractivity contribution in [3.8, 4) is 0 Å². The Labute approximate surface area is 86.4 Å². The fraction of sp³-hybridized carbons (Fsp3) is 0.909. The van der Waals surface area contributed by atoms with Gasteiger partial charge < -0.3 is 11.1 Å². The van der Waals surface area contributed by atoms with E-state index in [2.05, 4.69) is 12.2 Å². The molecular formula is C11H22N2O. The second-order valence-electron chi connectivity index (χ2n) is 5.07. The highest BCUT2D eigenvalue weighted by atomic mass is 16.1. The molecule has 0 radical (unpaired) electrons. The lowest BCUT2D eigenvalue weighted by Gasteiger charge is -2.39. The predicted molar refractivity (Wildman–Crippen MR) is 57.8 cm³/mol. The quantitative estimate of drug-likeness (QED) is 0.717. The first-order valence-electron chi connectivity index (χ1n) is 5.49. The normalized spacial score (nSPS) is 21.5. The molecule has 0 aliphatic heterocycles. The van der Waals surface area contributed by atoms with Crippen molar-refractivity contribution >= 4 is 5.91 Å². The fourth-order valence-electron chi connectivity index (χ4n) is 1.67. The van der Waals surface area contributed by atoms with Crippen LogP contribution in [0.3, 0.4) is 0 Å². The molecule has 0 spiro atoms. The minimum atomic E-state index is -0.0151. The van der Waals surface area contributed by atoms with E-state index in [0.29, 0.717) is 12.3 Å². The van der Waals surface area contributed by atoms with Crippen molar-refractivity contribution in [3.63, 3.8) is 0 Å². The molecule has 1 aliphatic rings. The summed E-state index contributed by atoms with van der Waals surface area (Å²) in [5.74, 6) is 0.475. The molecule has 0 heterocycles. The molecule has 3 heteroatoms. The summed E-state index contributed by atoms with van der Waals surface area (Å²) in [6, 6.07) is -0.0151. The summed E-state index contributed by atoms with van der Waals surface area (Å²) in [6.45, 7) is 6.20. The average molecular weight is 198 g/mol. The van der Waals surface area contributed by atoms with Gasteiger partial charge in [0.2, 0.25) is 5.91 Å². The lowest BCUT2D eigenvalue weighted by atomic mass is 9.78. The van der Waals surface area contributed by atoms with Gasteiger partial charge in [0.1, 0.15) is 0 Å². The van der Waals surface area contributed by atoms with Crippen LogP contribution in [0.1, 0.15) is 46.5 Å². The summed E-state index contributed by atoms with van der Waals surface area (Å²) in [4.78, 5) is 11.6. The number of amides is 1. The van der Waals surface area contributed by atoms with E-state index in [1.165, 1.54) is 6.42 Å². The SMILES string of the molecule is CC(C)C(N)CC(=O)NC1(C)CCC1. The number of rotatable bonds is 4. The molecule has 1 atom stereocenters. The third-order valence-electron chi connectivity index (χ3n) is 3.18. The first kappa shape index (κ1) is 11.5. The van der Waals surface area contributed by atoms with Crippen molar-refractivity contribution in [1.82, 2.24) is 5.32 Å². The van der Waals surface area contributed by atoms with Gasteiger partial charge in [-0.05, 0) is 32.1 Å². The van der Waals surface area contributed by atoms with Crippen LogP contribution in [0.2, 0.25) is 0 Å². The Morgan fingerprint density at radius 3 is 2.43 bits per heavy atom. The molecule has 1 unspecified atom stereocenters. The van der Waals surface area contributed by atoms with Gasteiger partial charge in [-0.25, -0.2) is 0 Å². The van der Waals surface area contributed by atoms with Crippen LogP contribution in [0.15, 0.2) is 0 Å². The van der Waals surface area contributed by atoms with E-state index < -0.39 is 0 Å². The Kier molecular flexibility index (Phi) is 3.53. The zero-order chi connectivity index (χ0) is 10.8. The molecule has 1 amide bonds. The van der Waals surface area contributed by atoms with Crippen molar-refractivity contribution < 1.29 is 4.79 Å². The molecule has 3 N–H and O–H groups in total. The lowest BCUT2D eigenvalue weighted by Crippen LogP contribution is -2.52. The summed E-state index contributed by atoms with van der Waals surface area (Å²) in [5, 5.41) is 3.06. The van der Waals surface area contributed by atoms with Gasteiger partial charge in [-0.2, -0.15) is 0 Å². The van der Waals surface area contributed by atoms with Crippen molar-refractivity contribution in [2.75, 3.05) is 0 Å². The molecule has 0 saturated heterocycles. The number of nitrogens with two attached hydrogens (primary N) is 1. The maximum Gasteiger partial charge on any atom is 0.221 e. The molecule has 1 rings (SSSR count). The van der Waals surface area contributed by atoms with Crippen LogP contribution in [0.4, 0.5) is 0 Å². The monoisotopic (exact) mass is 198 g/mol. The molecule has 1 aliphatic carbocycles. The van der Waals surface area contributed by atoms with Crippen molar-refractivity contribution in [2.24, 2.45) is 11.7 Å². The molecular weight excluding hydrogens is 176 g/mol. The van der Waals surface area contributed by atoms with E-state index in [0.717, 1.165) is 12.8 Å². The Bertz CT molecular complexity index is 209. The first-order chi connectivity index (χ1) is 6.43. The van der Waals surface area contributed by atoms with Gasteiger partial charge in [-0.15, -0.1) is 0 Å².